The summed E-state index contributed by atoms with van der Waals surface area (Å²) in [6.07, 6.45) is 0. The molecular weight excluding hydrogens is 651 g/mol. The lowest BCUT2D eigenvalue weighted by Gasteiger charge is -2.11. The van der Waals surface area contributed by atoms with Crippen LogP contribution in [0.4, 0.5) is 0 Å². The number of hydrogen-bond donors (Lipinski definition) is 0. The Morgan fingerprint density at radius 3 is 1.89 bits per heavy atom. The molecule has 12 rings (SSSR count). The van der Waals surface area contributed by atoms with Crippen LogP contribution in [0, 0.1) is 0 Å². The van der Waals surface area contributed by atoms with Crippen LogP contribution in [0.1, 0.15) is 0 Å². The first-order chi connectivity index (χ1) is 26.3. The van der Waals surface area contributed by atoms with E-state index in [1.807, 2.05) is 18.2 Å². The van der Waals surface area contributed by atoms with Gasteiger partial charge in [-0.05, 0) is 64.7 Å². The lowest BCUT2D eigenvalue weighted by atomic mass is 9.98. The normalized spacial score (nSPS) is 12.2. The van der Waals surface area contributed by atoms with E-state index in [9.17, 15) is 0 Å². The summed E-state index contributed by atoms with van der Waals surface area (Å²) in [5, 5.41) is 9.80. The van der Waals surface area contributed by atoms with Crippen molar-refractivity contribution >= 4 is 87.4 Å². The standard InChI is InChI=1S/C48H27N3O2/c1-2-13-29-26-30(25-24-28(29)12-1)44-47-45(35-18-7-10-22-41(35)52-47)50-48(49-44)36-27-37-43-40(21-11-23-42(43)53-46(37)34-17-4-3-14-31(34)36)51-38-19-8-5-15-32(38)33-16-6-9-20-39(33)51/h1-27H. The Morgan fingerprint density at radius 1 is 0.434 bits per heavy atom. The van der Waals surface area contributed by atoms with Crippen molar-refractivity contribution in [2.24, 2.45) is 0 Å². The first-order valence-electron chi connectivity index (χ1n) is 17.8. The molecule has 0 atom stereocenters. The molecule has 0 bridgehead atoms. The van der Waals surface area contributed by atoms with Crippen molar-refractivity contribution in [2.75, 3.05) is 0 Å². The maximum Gasteiger partial charge on any atom is 0.180 e. The molecule has 0 radical (unpaired) electrons. The van der Waals surface area contributed by atoms with Crippen LogP contribution >= 0.6 is 0 Å². The second-order valence-corrected chi connectivity index (χ2v) is 13.7. The zero-order chi connectivity index (χ0) is 34.6. The summed E-state index contributed by atoms with van der Waals surface area (Å²) in [6, 6.07) is 57.2. The van der Waals surface area contributed by atoms with Crippen molar-refractivity contribution in [3.05, 3.63) is 164 Å². The van der Waals surface area contributed by atoms with Gasteiger partial charge in [-0.15, -0.1) is 0 Å². The Labute approximate surface area is 302 Å². The number of furan rings is 2. The third-order valence-electron chi connectivity index (χ3n) is 10.8. The van der Waals surface area contributed by atoms with Crippen molar-refractivity contribution in [3.8, 4) is 28.3 Å². The van der Waals surface area contributed by atoms with Crippen LogP contribution in [-0.4, -0.2) is 14.5 Å². The number of rotatable bonds is 3. The molecule has 0 aliphatic carbocycles. The van der Waals surface area contributed by atoms with Crippen molar-refractivity contribution in [1.29, 1.82) is 0 Å². The van der Waals surface area contributed by atoms with Gasteiger partial charge in [0.15, 0.2) is 11.4 Å². The molecule has 0 saturated carbocycles. The van der Waals surface area contributed by atoms with Crippen LogP contribution < -0.4 is 0 Å². The first-order valence-corrected chi connectivity index (χ1v) is 17.8. The Bertz CT molecular complexity index is 3420. The van der Waals surface area contributed by atoms with Crippen molar-refractivity contribution in [2.45, 2.75) is 0 Å². The molecular formula is C48H27N3O2. The molecule has 0 aliphatic rings. The average molecular weight is 678 g/mol. The average Bonchev–Trinajstić information content (AvgIpc) is 3.90. The molecule has 5 nitrogen and oxygen atoms in total. The van der Waals surface area contributed by atoms with Crippen LogP contribution in [0.3, 0.4) is 0 Å². The second kappa shape index (κ2) is 10.6. The summed E-state index contributed by atoms with van der Waals surface area (Å²) in [6.45, 7) is 0. The van der Waals surface area contributed by atoms with E-state index in [-0.39, 0.29) is 0 Å². The number of para-hydroxylation sites is 3. The molecule has 246 valence electrons. The minimum atomic E-state index is 0.633. The number of aromatic nitrogens is 3. The topological polar surface area (TPSA) is 57.0 Å². The minimum Gasteiger partial charge on any atom is -0.455 e. The fraction of sp³-hybridized carbons (Fsp3) is 0. The van der Waals surface area contributed by atoms with Gasteiger partial charge in [0, 0.05) is 38.1 Å². The van der Waals surface area contributed by atoms with E-state index in [1.165, 1.54) is 16.2 Å². The van der Waals surface area contributed by atoms with E-state index in [0.717, 1.165) is 88.1 Å². The molecule has 0 spiro atoms. The molecule has 0 fully saturated rings. The molecule has 0 amide bonds. The fourth-order valence-electron chi connectivity index (χ4n) is 8.43. The molecule has 0 unspecified atom stereocenters. The fourth-order valence-corrected chi connectivity index (χ4v) is 8.43. The van der Waals surface area contributed by atoms with E-state index in [2.05, 4.69) is 150 Å². The van der Waals surface area contributed by atoms with Crippen LogP contribution in [-0.2, 0) is 0 Å². The predicted molar refractivity (Wildman–Crippen MR) is 217 cm³/mol. The largest absolute Gasteiger partial charge is 0.455 e. The summed E-state index contributed by atoms with van der Waals surface area (Å²) >= 11 is 0. The second-order valence-electron chi connectivity index (χ2n) is 13.7. The quantitative estimate of drug-likeness (QED) is 0.187. The molecule has 8 aromatic carbocycles. The lowest BCUT2D eigenvalue weighted by molar-refractivity contribution is 0.667. The summed E-state index contributed by atoms with van der Waals surface area (Å²) < 4.78 is 15.7. The van der Waals surface area contributed by atoms with Gasteiger partial charge in [-0.25, -0.2) is 9.97 Å². The lowest BCUT2D eigenvalue weighted by Crippen LogP contribution is -1.96. The van der Waals surface area contributed by atoms with Gasteiger partial charge in [-0.3, -0.25) is 0 Å². The van der Waals surface area contributed by atoms with Gasteiger partial charge in [0.25, 0.3) is 0 Å². The van der Waals surface area contributed by atoms with Gasteiger partial charge in [0.1, 0.15) is 28.0 Å². The number of benzene rings is 8. The number of hydrogen-bond acceptors (Lipinski definition) is 4. The maximum absolute atomic E-state index is 6.80. The molecule has 53 heavy (non-hydrogen) atoms. The molecule has 5 heteroatoms. The van der Waals surface area contributed by atoms with Gasteiger partial charge in [-0.1, -0.05) is 115 Å². The van der Waals surface area contributed by atoms with Gasteiger partial charge < -0.3 is 13.4 Å². The monoisotopic (exact) mass is 677 g/mol. The van der Waals surface area contributed by atoms with E-state index < -0.39 is 0 Å². The van der Waals surface area contributed by atoms with Crippen LogP contribution in [0.2, 0.25) is 0 Å². The van der Waals surface area contributed by atoms with E-state index >= 15 is 0 Å². The maximum atomic E-state index is 6.80. The van der Waals surface area contributed by atoms with E-state index in [1.54, 1.807) is 0 Å². The minimum absolute atomic E-state index is 0.633. The molecule has 0 aliphatic heterocycles. The Morgan fingerprint density at radius 2 is 1.08 bits per heavy atom. The highest BCUT2D eigenvalue weighted by Crippen LogP contribution is 2.44. The summed E-state index contributed by atoms with van der Waals surface area (Å²) in [7, 11) is 0. The SMILES string of the molecule is c1ccc2cc(-c3nc(-c4cc5c(oc6cccc(-n7c8ccccc8c8ccccc87)c65)c5ccccc45)nc4c3oc3ccccc34)ccc2c1. The summed E-state index contributed by atoms with van der Waals surface area (Å²) in [5.41, 5.74) is 9.97. The zero-order valence-corrected chi connectivity index (χ0v) is 28.2. The van der Waals surface area contributed by atoms with Gasteiger partial charge in [0.05, 0.1) is 22.1 Å². The predicted octanol–water partition coefficient (Wildman–Crippen LogP) is 13.0. The van der Waals surface area contributed by atoms with Crippen molar-refractivity contribution in [3.63, 3.8) is 0 Å². The highest BCUT2D eigenvalue weighted by molar-refractivity contribution is 6.22. The highest BCUT2D eigenvalue weighted by Gasteiger charge is 2.23. The summed E-state index contributed by atoms with van der Waals surface area (Å²) in [4.78, 5) is 10.7. The molecule has 12 aromatic rings. The number of nitrogens with zero attached hydrogens (tertiary/aromatic N) is 3. The summed E-state index contributed by atoms with van der Waals surface area (Å²) in [5.74, 6) is 0.633. The zero-order valence-electron chi connectivity index (χ0n) is 28.2. The van der Waals surface area contributed by atoms with Crippen molar-refractivity contribution in [1.82, 2.24) is 14.5 Å². The van der Waals surface area contributed by atoms with Gasteiger partial charge in [0.2, 0.25) is 0 Å². The Kier molecular flexibility index (Phi) is 5.71. The molecule has 0 saturated heterocycles. The Balaban J connectivity index is 1.20. The van der Waals surface area contributed by atoms with Crippen LogP contribution in [0.25, 0.3) is 116 Å². The first kappa shape index (κ1) is 28.5. The Hall–Kier alpha value is -7.24. The van der Waals surface area contributed by atoms with Crippen molar-refractivity contribution < 1.29 is 8.83 Å². The van der Waals surface area contributed by atoms with Gasteiger partial charge >= 0.3 is 0 Å². The highest BCUT2D eigenvalue weighted by atomic mass is 16.3. The molecule has 0 N–H and O–H groups in total. The van der Waals surface area contributed by atoms with Crippen LogP contribution in [0.5, 0.6) is 0 Å². The van der Waals surface area contributed by atoms with Gasteiger partial charge in [-0.2, -0.15) is 0 Å². The third-order valence-corrected chi connectivity index (χ3v) is 10.8. The third kappa shape index (κ3) is 4.02. The smallest absolute Gasteiger partial charge is 0.180 e. The van der Waals surface area contributed by atoms with E-state index in [0.29, 0.717) is 11.4 Å². The molecule has 4 heterocycles. The number of fused-ring (bicyclic) bond motifs is 12. The molecule has 4 aromatic heterocycles. The van der Waals surface area contributed by atoms with Crippen LogP contribution in [0.15, 0.2) is 173 Å². The van der Waals surface area contributed by atoms with E-state index in [4.69, 9.17) is 18.8 Å².